The molecule has 3 aromatic rings. The summed E-state index contributed by atoms with van der Waals surface area (Å²) in [7, 11) is 6.23. The van der Waals surface area contributed by atoms with E-state index in [2.05, 4.69) is 16.0 Å². The first-order chi connectivity index (χ1) is 20.4. The van der Waals surface area contributed by atoms with Crippen molar-refractivity contribution in [3.63, 3.8) is 0 Å². The van der Waals surface area contributed by atoms with Crippen molar-refractivity contribution >= 4 is 22.8 Å². The van der Waals surface area contributed by atoms with E-state index >= 15 is 0 Å². The Kier molecular flexibility index (Phi) is 8.00. The molecule has 10 heteroatoms. The van der Waals surface area contributed by atoms with Crippen LogP contribution in [0.1, 0.15) is 30.1 Å². The number of nitrogens with zero attached hydrogens (tertiary/aromatic N) is 1. The van der Waals surface area contributed by atoms with Crippen LogP contribution in [0.5, 0.6) is 17.2 Å². The summed E-state index contributed by atoms with van der Waals surface area (Å²) in [6.07, 6.45) is 1.11. The van der Waals surface area contributed by atoms with E-state index in [0.29, 0.717) is 17.9 Å². The Labute approximate surface area is 245 Å². The molecular formula is C32H38N2O8. The highest BCUT2D eigenvalue weighted by Crippen LogP contribution is 2.50. The van der Waals surface area contributed by atoms with Gasteiger partial charge in [-0.1, -0.05) is 0 Å². The van der Waals surface area contributed by atoms with Crippen LogP contribution in [0.3, 0.4) is 0 Å². The van der Waals surface area contributed by atoms with Crippen LogP contribution >= 0.6 is 0 Å². The summed E-state index contributed by atoms with van der Waals surface area (Å²) in [5.41, 5.74) is 3.62. The second-order valence-electron chi connectivity index (χ2n) is 11.3. The highest BCUT2D eigenvalue weighted by molar-refractivity contribution is 5.86. The molecule has 0 radical (unpaired) electrons. The maximum absolute atomic E-state index is 13.3. The van der Waals surface area contributed by atoms with Crippen molar-refractivity contribution in [2.75, 3.05) is 48.1 Å². The first-order valence-corrected chi connectivity index (χ1v) is 14.4. The van der Waals surface area contributed by atoms with Gasteiger partial charge in [-0.15, -0.1) is 0 Å². The van der Waals surface area contributed by atoms with Crippen LogP contribution in [0.4, 0.5) is 0 Å². The Morgan fingerprint density at radius 1 is 0.952 bits per heavy atom. The van der Waals surface area contributed by atoms with Crippen LogP contribution in [0.25, 0.3) is 10.9 Å². The topological polar surface area (TPSA) is 109 Å². The van der Waals surface area contributed by atoms with Gasteiger partial charge in [-0.2, -0.15) is 0 Å². The van der Waals surface area contributed by atoms with E-state index in [9.17, 15) is 9.59 Å². The lowest BCUT2D eigenvalue weighted by Gasteiger charge is -2.52. The minimum absolute atomic E-state index is 0.0149. The van der Waals surface area contributed by atoms with E-state index in [-0.39, 0.29) is 30.5 Å². The van der Waals surface area contributed by atoms with E-state index in [0.717, 1.165) is 37.2 Å². The van der Waals surface area contributed by atoms with Crippen molar-refractivity contribution in [1.29, 1.82) is 0 Å². The maximum atomic E-state index is 13.3. The van der Waals surface area contributed by atoms with Gasteiger partial charge in [0.05, 0.1) is 33.3 Å². The van der Waals surface area contributed by atoms with Crippen molar-refractivity contribution in [1.82, 2.24) is 9.88 Å². The Hall–Kier alpha value is -3.76. The third-order valence-electron chi connectivity index (χ3n) is 9.30. The van der Waals surface area contributed by atoms with Gasteiger partial charge >= 0.3 is 11.9 Å². The lowest BCUT2D eigenvalue weighted by Crippen LogP contribution is -2.58. The SMILES string of the molecule is COC(=O)[C@@H]1[C@@H]2C[C@H]3c4[nH]c5cc(OC)ccc5c4CCN3C[C@@H]2C[C@H](OC(=O)COc2ccc(OC)cc2)[C@H]1OC. The summed E-state index contributed by atoms with van der Waals surface area (Å²) in [4.78, 5) is 32.4. The average molecular weight is 579 g/mol. The highest BCUT2D eigenvalue weighted by Gasteiger charge is 2.54. The molecule has 10 nitrogen and oxygen atoms in total. The van der Waals surface area contributed by atoms with Crippen LogP contribution in [0.15, 0.2) is 42.5 Å². The zero-order valence-electron chi connectivity index (χ0n) is 24.5. The summed E-state index contributed by atoms with van der Waals surface area (Å²) < 4.78 is 33.4. The number of benzene rings is 2. The molecule has 1 aliphatic carbocycles. The van der Waals surface area contributed by atoms with E-state index in [1.807, 2.05) is 12.1 Å². The molecule has 2 aliphatic heterocycles. The van der Waals surface area contributed by atoms with Gasteiger partial charge in [0.2, 0.25) is 0 Å². The van der Waals surface area contributed by atoms with Crippen molar-refractivity contribution in [2.45, 2.75) is 37.5 Å². The average Bonchev–Trinajstić information content (AvgIpc) is 3.40. The molecule has 0 bridgehead atoms. The number of rotatable bonds is 8. The minimum Gasteiger partial charge on any atom is -0.497 e. The Morgan fingerprint density at radius 3 is 2.40 bits per heavy atom. The molecule has 1 N–H and O–H groups in total. The second-order valence-corrected chi connectivity index (χ2v) is 11.3. The van der Waals surface area contributed by atoms with E-state index < -0.39 is 24.1 Å². The number of hydrogen-bond acceptors (Lipinski definition) is 9. The predicted molar refractivity (Wildman–Crippen MR) is 154 cm³/mol. The normalized spacial score (nSPS) is 26.9. The smallest absolute Gasteiger partial charge is 0.344 e. The second kappa shape index (κ2) is 11.9. The maximum Gasteiger partial charge on any atom is 0.344 e. The molecule has 3 heterocycles. The molecule has 1 saturated carbocycles. The summed E-state index contributed by atoms with van der Waals surface area (Å²) in [5, 5.41) is 1.22. The monoisotopic (exact) mass is 578 g/mol. The van der Waals surface area contributed by atoms with E-state index in [1.54, 1.807) is 45.6 Å². The van der Waals surface area contributed by atoms with Gasteiger partial charge in [-0.25, -0.2) is 4.79 Å². The number of hydrogen-bond donors (Lipinski definition) is 1. The van der Waals surface area contributed by atoms with Crippen molar-refractivity contribution in [2.24, 2.45) is 17.8 Å². The number of aromatic amines is 1. The van der Waals surface area contributed by atoms with Gasteiger partial charge in [0.15, 0.2) is 6.61 Å². The third-order valence-corrected chi connectivity index (χ3v) is 9.30. The molecule has 2 fully saturated rings. The standard InChI is InChI=1S/C32H38N2O8/c1-37-19-5-7-20(8-6-19)41-17-28(35)42-27-13-18-16-34-12-11-23-22-10-9-21(38-2)14-25(22)33-30(23)26(34)15-24(18)29(31(27)39-3)32(36)40-4/h5-10,14,18,24,26-27,29,31,33H,11-13,15-17H2,1-4H3/t18-,24+,26-,27-,29+,31+/m0/s1. The molecule has 1 saturated heterocycles. The number of methoxy groups -OCH3 is 4. The fraction of sp³-hybridized carbons (Fsp3) is 0.500. The van der Waals surface area contributed by atoms with E-state index in [4.69, 9.17) is 28.4 Å². The predicted octanol–water partition coefficient (Wildman–Crippen LogP) is 3.92. The Morgan fingerprint density at radius 2 is 1.69 bits per heavy atom. The Balaban J connectivity index is 1.21. The molecule has 0 amide bonds. The molecular weight excluding hydrogens is 540 g/mol. The molecule has 0 spiro atoms. The van der Waals surface area contributed by atoms with Crippen LogP contribution in [-0.4, -0.2) is 82.2 Å². The lowest BCUT2D eigenvalue weighted by molar-refractivity contribution is -0.190. The Bertz CT molecular complexity index is 1440. The fourth-order valence-electron chi connectivity index (χ4n) is 7.37. The molecule has 224 valence electrons. The van der Waals surface area contributed by atoms with Crippen LogP contribution < -0.4 is 14.2 Å². The van der Waals surface area contributed by atoms with Gasteiger partial charge in [-0.05, 0) is 73.1 Å². The molecule has 0 unspecified atom stereocenters. The molecule has 6 rings (SSSR count). The summed E-state index contributed by atoms with van der Waals surface area (Å²) in [5.74, 6) is 0.800. The summed E-state index contributed by atoms with van der Waals surface area (Å²) in [6, 6.07) is 13.3. The number of ether oxygens (including phenoxy) is 6. The molecule has 6 atom stereocenters. The molecule has 3 aliphatic rings. The number of carbonyl (C=O) groups is 2. The van der Waals surface area contributed by atoms with Gasteiger partial charge in [-0.3, -0.25) is 9.69 Å². The van der Waals surface area contributed by atoms with Crippen molar-refractivity contribution in [3.8, 4) is 17.2 Å². The molecule has 2 aromatic carbocycles. The first-order valence-electron chi connectivity index (χ1n) is 14.4. The zero-order valence-corrected chi connectivity index (χ0v) is 24.5. The highest BCUT2D eigenvalue weighted by atomic mass is 16.6. The lowest BCUT2D eigenvalue weighted by atomic mass is 9.64. The van der Waals surface area contributed by atoms with Gasteiger partial charge in [0.1, 0.15) is 29.5 Å². The molecule has 42 heavy (non-hydrogen) atoms. The minimum atomic E-state index is -0.620. The van der Waals surface area contributed by atoms with Crippen LogP contribution in [0, 0.1) is 17.8 Å². The number of carbonyl (C=O) groups excluding carboxylic acids is 2. The zero-order chi connectivity index (χ0) is 29.4. The van der Waals surface area contributed by atoms with Crippen molar-refractivity contribution in [3.05, 3.63) is 53.7 Å². The molecule has 1 aromatic heterocycles. The first kappa shape index (κ1) is 28.4. The van der Waals surface area contributed by atoms with Gasteiger partial charge in [0, 0.05) is 42.9 Å². The number of aromatic nitrogens is 1. The number of H-pyrrole nitrogens is 1. The number of nitrogens with one attached hydrogen (secondary N) is 1. The number of piperidine rings is 1. The van der Waals surface area contributed by atoms with Gasteiger partial charge in [0.25, 0.3) is 0 Å². The number of fused-ring (bicyclic) bond motifs is 6. The van der Waals surface area contributed by atoms with Crippen LogP contribution in [0.2, 0.25) is 0 Å². The van der Waals surface area contributed by atoms with Crippen LogP contribution in [-0.2, 0) is 30.2 Å². The number of esters is 2. The van der Waals surface area contributed by atoms with E-state index in [1.165, 1.54) is 23.8 Å². The van der Waals surface area contributed by atoms with Crippen molar-refractivity contribution < 1.29 is 38.0 Å². The fourth-order valence-corrected chi connectivity index (χ4v) is 7.37. The third kappa shape index (κ3) is 5.18. The summed E-state index contributed by atoms with van der Waals surface area (Å²) >= 11 is 0. The quantitative estimate of drug-likeness (QED) is 0.398. The largest absolute Gasteiger partial charge is 0.497 e. The van der Waals surface area contributed by atoms with Gasteiger partial charge < -0.3 is 33.4 Å². The summed E-state index contributed by atoms with van der Waals surface area (Å²) in [6.45, 7) is 1.48.